The van der Waals surface area contributed by atoms with E-state index < -0.39 is 10.0 Å². The predicted molar refractivity (Wildman–Crippen MR) is 81.1 cm³/mol. The number of rotatable bonds is 4. The first kappa shape index (κ1) is 15.8. The fourth-order valence-corrected chi connectivity index (χ4v) is 4.56. The molecular weight excluding hydrogens is 296 g/mol. The molecule has 1 aliphatic rings. The molecule has 0 aromatic heterocycles. The molecule has 1 aliphatic heterocycles. The number of nitrogens with zero attached hydrogens (tertiary/aromatic N) is 1. The fourth-order valence-electron chi connectivity index (χ4n) is 2.57. The molecule has 6 heteroatoms. The molecule has 0 bridgehead atoms. The van der Waals surface area contributed by atoms with E-state index in [1.165, 1.54) is 0 Å². The zero-order chi connectivity index (χ0) is 14.8. The van der Waals surface area contributed by atoms with Gasteiger partial charge in [0.1, 0.15) is 4.90 Å². The molecule has 1 fully saturated rings. The van der Waals surface area contributed by atoms with Crippen LogP contribution >= 0.6 is 11.6 Å². The highest BCUT2D eigenvalue weighted by atomic mass is 35.5. The first-order chi connectivity index (χ1) is 9.48. The van der Waals surface area contributed by atoms with E-state index in [-0.39, 0.29) is 9.92 Å². The van der Waals surface area contributed by atoms with Gasteiger partial charge in [0.15, 0.2) is 0 Å². The van der Waals surface area contributed by atoms with Crippen molar-refractivity contribution in [1.82, 2.24) is 4.31 Å². The summed E-state index contributed by atoms with van der Waals surface area (Å²) in [6, 6.07) is 4.95. The van der Waals surface area contributed by atoms with E-state index in [4.69, 9.17) is 17.3 Å². The lowest BCUT2D eigenvalue weighted by molar-refractivity contribution is 0.269. The van der Waals surface area contributed by atoms with Crippen LogP contribution in [-0.2, 0) is 16.6 Å². The molecule has 2 N–H and O–H groups in total. The van der Waals surface area contributed by atoms with E-state index in [1.807, 2.05) is 0 Å². The van der Waals surface area contributed by atoms with Gasteiger partial charge in [-0.15, -0.1) is 0 Å². The van der Waals surface area contributed by atoms with Crippen molar-refractivity contribution in [3.8, 4) is 0 Å². The van der Waals surface area contributed by atoms with Crippen LogP contribution in [0.4, 0.5) is 0 Å². The van der Waals surface area contributed by atoms with Crippen molar-refractivity contribution in [3.63, 3.8) is 0 Å². The van der Waals surface area contributed by atoms with Gasteiger partial charge in [-0.25, -0.2) is 8.42 Å². The van der Waals surface area contributed by atoms with Crippen molar-refractivity contribution in [2.75, 3.05) is 13.1 Å². The van der Waals surface area contributed by atoms with Crippen LogP contribution in [0, 0.1) is 5.92 Å². The Kier molecular flexibility index (Phi) is 5.07. The average molecular weight is 317 g/mol. The van der Waals surface area contributed by atoms with Gasteiger partial charge in [-0.1, -0.05) is 31.0 Å². The van der Waals surface area contributed by atoms with Crippen LogP contribution in [0.5, 0.6) is 0 Å². The summed E-state index contributed by atoms with van der Waals surface area (Å²) < 4.78 is 26.9. The molecule has 0 spiro atoms. The maximum absolute atomic E-state index is 12.7. The summed E-state index contributed by atoms with van der Waals surface area (Å²) in [5, 5.41) is 0.264. The van der Waals surface area contributed by atoms with Crippen molar-refractivity contribution < 1.29 is 8.42 Å². The summed E-state index contributed by atoms with van der Waals surface area (Å²) in [6.45, 7) is 3.60. The standard InChI is InChI=1S/C14H21ClN2O2S/c1-2-11-5-7-17(8-6-11)20(18,19)14-9-12(10-16)3-4-13(14)15/h3-4,9,11H,2,5-8,10,16H2,1H3. The van der Waals surface area contributed by atoms with Gasteiger partial charge < -0.3 is 5.73 Å². The van der Waals surface area contributed by atoms with Crippen molar-refractivity contribution >= 4 is 21.6 Å². The lowest BCUT2D eigenvalue weighted by Gasteiger charge is -2.31. The van der Waals surface area contributed by atoms with Crippen LogP contribution < -0.4 is 5.73 Å². The molecule has 2 rings (SSSR count). The minimum absolute atomic E-state index is 0.178. The molecule has 1 heterocycles. The van der Waals surface area contributed by atoms with Crippen LogP contribution in [0.2, 0.25) is 5.02 Å². The van der Waals surface area contributed by atoms with Gasteiger partial charge in [0.2, 0.25) is 10.0 Å². The molecule has 1 aromatic rings. The Morgan fingerprint density at radius 3 is 2.55 bits per heavy atom. The van der Waals surface area contributed by atoms with Crippen molar-refractivity contribution in [2.45, 2.75) is 37.6 Å². The Labute approximate surface area is 126 Å². The minimum Gasteiger partial charge on any atom is -0.326 e. The lowest BCUT2D eigenvalue weighted by atomic mass is 9.96. The van der Waals surface area contributed by atoms with Crippen LogP contribution in [0.1, 0.15) is 31.7 Å². The summed E-state index contributed by atoms with van der Waals surface area (Å²) >= 11 is 6.07. The Balaban J connectivity index is 2.27. The summed E-state index contributed by atoms with van der Waals surface area (Å²) in [5.74, 6) is 0.632. The van der Waals surface area contributed by atoms with Crippen LogP contribution in [-0.4, -0.2) is 25.8 Å². The van der Waals surface area contributed by atoms with Crippen LogP contribution in [0.15, 0.2) is 23.1 Å². The molecule has 0 radical (unpaired) electrons. The topological polar surface area (TPSA) is 63.4 Å². The quantitative estimate of drug-likeness (QED) is 0.928. The fraction of sp³-hybridized carbons (Fsp3) is 0.571. The highest BCUT2D eigenvalue weighted by Crippen LogP contribution is 2.29. The number of benzene rings is 1. The van der Waals surface area contributed by atoms with Crippen molar-refractivity contribution in [3.05, 3.63) is 28.8 Å². The van der Waals surface area contributed by atoms with E-state index in [1.54, 1.807) is 22.5 Å². The number of halogens is 1. The monoisotopic (exact) mass is 316 g/mol. The van der Waals surface area contributed by atoms with Crippen molar-refractivity contribution in [2.24, 2.45) is 11.7 Å². The molecule has 0 aliphatic carbocycles. The van der Waals surface area contributed by atoms with E-state index >= 15 is 0 Å². The summed E-state index contributed by atoms with van der Waals surface area (Å²) in [4.78, 5) is 0.178. The molecule has 0 amide bonds. The second-order valence-corrected chi connectivity index (χ2v) is 7.54. The SMILES string of the molecule is CCC1CCN(S(=O)(=O)c2cc(CN)ccc2Cl)CC1. The molecule has 0 unspecified atom stereocenters. The summed E-state index contributed by atoms with van der Waals surface area (Å²) in [7, 11) is -3.51. The van der Waals surface area contributed by atoms with E-state index in [0.29, 0.717) is 25.6 Å². The first-order valence-electron chi connectivity index (χ1n) is 6.97. The van der Waals surface area contributed by atoms with Crippen LogP contribution in [0.25, 0.3) is 0 Å². The minimum atomic E-state index is -3.51. The normalized spacial score (nSPS) is 18.4. The Bertz CT molecular complexity index is 567. The number of nitrogens with two attached hydrogens (primary N) is 1. The largest absolute Gasteiger partial charge is 0.326 e. The van der Waals surface area contributed by atoms with E-state index in [9.17, 15) is 8.42 Å². The van der Waals surface area contributed by atoms with Gasteiger partial charge in [-0.2, -0.15) is 4.31 Å². The summed E-state index contributed by atoms with van der Waals surface area (Å²) in [5.41, 5.74) is 6.35. The molecule has 20 heavy (non-hydrogen) atoms. The number of hydrogen-bond donors (Lipinski definition) is 1. The van der Waals surface area contributed by atoms with Crippen LogP contribution in [0.3, 0.4) is 0 Å². The Hall–Kier alpha value is -0.620. The molecule has 112 valence electrons. The smallest absolute Gasteiger partial charge is 0.244 e. The van der Waals surface area contributed by atoms with Gasteiger partial charge in [0.05, 0.1) is 5.02 Å². The molecule has 1 aromatic carbocycles. The first-order valence-corrected chi connectivity index (χ1v) is 8.79. The number of piperidine rings is 1. The van der Waals surface area contributed by atoms with Gasteiger partial charge in [0.25, 0.3) is 0 Å². The predicted octanol–water partition coefficient (Wildman–Crippen LogP) is 2.61. The van der Waals surface area contributed by atoms with Crippen molar-refractivity contribution in [1.29, 1.82) is 0 Å². The second-order valence-electron chi connectivity index (χ2n) is 5.22. The highest BCUT2D eigenvalue weighted by molar-refractivity contribution is 7.89. The zero-order valence-corrected chi connectivity index (χ0v) is 13.3. The Morgan fingerprint density at radius 1 is 1.35 bits per heavy atom. The zero-order valence-electron chi connectivity index (χ0n) is 11.7. The molecule has 0 saturated carbocycles. The van der Waals surface area contributed by atoms with Gasteiger partial charge >= 0.3 is 0 Å². The summed E-state index contributed by atoms with van der Waals surface area (Å²) in [6.07, 6.45) is 2.95. The third-order valence-electron chi connectivity index (χ3n) is 4.00. The average Bonchev–Trinajstić information content (AvgIpc) is 2.47. The van der Waals surface area contributed by atoms with E-state index in [2.05, 4.69) is 6.92 Å². The number of sulfonamides is 1. The highest BCUT2D eigenvalue weighted by Gasteiger charge is 2.30. The third-order valence-corrected chi connectivity index (χ3v) is 6.38. The Morgan fingerprint density at radius 2 is 2.00 bits per heavy atom. The lowest BCUT2D eigenvalue weighted by Crippen LogP contribution is -2.38. The molecular formula is C14H21ClN2O2S. The third kappa shape index (κ3) is 3.17. The molecule has 4 nitrogen and oxygen atoms in total. The van der Waals surface area contributed by atoms with Gasteiger partial charge in [-0.05, 0) is 36.5 Å². The maximum Gasteiger partial charge on any atom is 0.244 e. The second kappa shape index (κ2) is 6.43. The molecule has 1 saturated heterocycles. The van der Waals surface area contributed by atoms with E-state index in [0.717, 1.165) is 24.8 Å². The molecule has 0 atom stereocenters. The van der Waals surface area contributed by atoms with Gasteiger partial charge in [-0.3, -0.25) is 0 Å². The maximum atomic E-state index is 12.7. The van der Waals surface area contributed by atoms with Gasteiger partial charge in [0, 0.05) is 19.6 Å². The number of hydrogen-bond acceptors (Lipinski definition) is 3.